The monoisotopic (exact) mass is 313 g/mol. The maximum absolute atomic E-state index is 11.4. The predicted octanol–water partition coefficient (Wildman–Crippen LogP) is 3.03. The number of fused-ring (bicyclic) bond motifs is 2. The van der Waals surface area contributed by atoms with Crippen LogP contribution in [-0.4, -0.2) is 44.3 Å². The molecule has 1 aromatic heterocycles. The fraction of sp³-hybridized carbons (Fsp3) is 0.632. The number of imidazole rings is 1. The molecule has 23 heavy (non-hydrogen) atoms. The summed E-state index contributed by atoms with van der Waals surface area (Å²) in [5, 5.41) is 11.4. The maximum Gasteiger partial charge on any atom is 0.0980 e. The molecule has 2 saturated heterocycles. The molecule has 4 heteroatoms. The van der Waals surface area contributed by atoms with E-state index in [-0.39, 0.29) is 0 Å². The van der Waals surface area contributed by atoms with Gasteiger partial charge in [0.25, 0.3) is 0 Å². The van der Waals surface area contributed by atoms with E-state index in [1.807, 2.05) is 6.33 Å². The lowest BCUT2D eigenvalue weighted by Gasteiger charge is -2.49. The van der Waals surface area contributed by atoms with Crippen molar-refractivity contribution < 1.29 is 5.11 Å². The molecule has 2 aliphatic heterocycles. The highest BCUT2D eigenvalue weighted by atomic mass is 16.3. The van der Waals surface area contributed by atoms with Crippen LogP contribution in [0.15, 0.2) is 18.5 Å². The molecule has 2 aromatic rings. The molecule has 2 atom stereocenters. The standard InChI is InChI=1S/C19H27N3O/c1-14-10-16-17(11-15(14)2)22(13-20-16)12-19(23)7-5-9-21-8-4-3-6-18(19)21/h10-11,13,18,23H,3-9,12H2,1-2H3/t18-,19-/m1/s1. The number of rotatable bonds is 2. The average Bonchev–Trinajstić information content (AvgIpc) is 2.90. The highest BCUT2D eigenvalue weighted by Crippen LogP contribution is 2.36. The highest BCUT2D eigenvalue weighted by molar-refractivity contribution is 5.77. The van der Waals surface area contributed by atoms with Crippen LogP contribution in [0.5, 0.6) is 0 Å². The van der Waals surface area contributed by atoms with Crippen molar-refractivity contribution in [2.75, 3.05) is 13.1 Å². The average molecular weight is 313 g/mol. The summed E-state index contributed by atoms with van der Waals surface area (Å²) in [4.78, 5) is 7.07. The Morgan fingerprint density at radius 3 is 2.83 bits per heavy atom. The van der Waals surface area contributed by atoms with Crippen molar-refractivity contribution in [3.05, 3.63) is 29.6 Å². The Kier molecular flexibility index (Phi) is 3.69. The van der Waals surface area contributed by atoms with Crippen molar-refractivity contribution in [3.8, 4) is 0 Å². The summed E-state index contributed by atoms with van der Waals surface area (Å²) in [5.41, 5.74) is 4.12. The third-order valence-corrected chi connectivity index (χ3v) is 5.97. The molecule has 0 saturated carbocycles. The van der Waals surface area contributed by atoms with Crippen molar-refractivity contribution in [2.24, 2.45) is 0 Å². The van der Waals surface area contributed by atoms with Crippen LogP contribution < -0.4 is 0 Å². The van der Waals surface area contributed by atoms with Crippen molar-refractivity contribution in [3.63, 3.8) is 0 Å². The summed E-state index contributed by atoms with van der Waals surface area (Å²) in [7, 11) is 0. The van der Waals surface area contributed by atoms with E-state index in [9.17, 15) is 5.11 Å². The van der Waals surface area contributed by atoms with Gasteiger partial charge in [0, 0.05) is 6.04 Å². The second kappa shape index (κ2) is 5.60. The summed E-state index contributed by atoms with van der Waals surface area (Å²) >= 11 is 0. The molecule has 0 unspecified atom stereocenters. The van der Waals surface area contributed by atoms with Gasteiger partial charge in [-0.05, 0) is 75.9 Å². The summed E-state index contributed by atoms with van der Waals surface area (Å²) in [5.74, 6) is 0. The van der Waals surface area contributed by atoms with Crippen LogP contribution >= 0.6 is 0 Å². The van der Waals surface area contributed by atoms with Crippen LogP contribution in [-0.2, 0) is 6.54 Å². The third kappa shape index (κ3) is 2.58. The first-order chi connectivity index (χ1) is 11.1. The molecule has 4 rings (SSSR count). The summed E-state index contributed by atoms with van der Waals surface area (Å²) in [6.07, 6.45) is 7.55. The van der Waals surface area contributed by atoms with E-state index in [1.54, 1.807) is 0 Å². The molecule has 0 bridgehead atoms. The third-order valence-electron chi connectivity index (χ3n) is 5.97. The van der Waals surface area contributed by atoms with Gasteiger partial charge in [-0.2, -0.15) is 0 Å². The van der Waals surface area contributed by atoms with Crippen LogP contribution in [0.1, 0.15) is 43.2 Å². The van der Waals surface area contributed by atoms with E-state index in [0.717, 1.165) is 43.4 Å². The molecule has 0 radical (unpaired) electrons. The van der Waals surface area contributed by atoms with E-state index in [2.05, 4.69) is 40.4 Å². The van der Waals surface area contributed by atoms with Crippen LogP contribution in [0, 0.1) is 13.8 Å². The Hall–Kier alpha value is -1.39. The lowest BCUT2D eigenvalue weighted by atomic mass is 9.79. The van der Waals surface area contributed by atoms with Gasteiger partial charge < -0.3 is 9.67 Å². The van der Waals surface area contributed by atoms with Crippen LogP contribution in [0.2, 0.25) is 0 Å². The first-order valence-corrected chi connectivity index (χ1v) is 8.95. The zero-order chi connectivity index (χ0) is 16.0. The molecule has 0 spiro atoms. The smallest absolute Gasteiger partial charge is 0.0980 e. The number of aliphatic hydroxyl groups is 1. The molecular weight excluding hydrogens is 286 g/mol. The van der Waals surface area contributed by atoms with Gasteiger partial charge in [0.05, 0.1) is 29.5 Å². The van der Waals surface area contributed by atoms with Gasteiger partial charge in [-0.3, -0.25) is 4.90 Å². The normalized spacial score (nSPS) is 28.9. The molecule has 2 fully saturated rings. The van der Waals surface area contributed by atoms with Gasteiger partial charge in [0.15, 0.2) is 0 Å². The molecule has 3 heterocycles. The van der Waals surface area contributed by atoms with E-state index < -0.39 is 5.60 Å². The molecule has 0 aliphatic carbocycles. The lowest BCUT2D eigenvalue weighted by molar-refractivity contribution is -0.103. The lowest BCUT2D eigenvalue weighted by Crippen LogP contribution is -2.60. The van der Waals surface area contributed by atoms with E-state index >= 15 is 0 Å². The maximum atomic E-state index is 11.4. The predicted molar refractivity (Wildman–Crippen MR) is 92.6 cm³/mol. The minimum absolute atomic E-state index is 0.314. The minimum atomic E-state index is -0.620. The second-order valence-corrected chi connectivity index (χ2v) is 7.55. The van der Waals surface area contributed by atoms with Crippen molar-refractivity contribution in [1.82, 2.24) is 14.5 Å². The van der Waals surface area contributed by atoms with Crippen molar-refractivity contribution in [2.45, 2.75) is 64.1 Å². The van der Waals surface area contributed by atoms with Gasteiger partial charge in [-0.25, -0.2) is 4.98 Å². The topological polar surface area (TPSA) is 41.3 Å². The molecule has 1 N–H and O–H groups in total. The molecule has 0 amide bonds. The largest absolute Gasteiger partial charge is 0.386 e. The number of benzene rings is 1. The Balaban J connectivity index is 1.67. The summed E-state index contributed by atoms with van der Waals surface area (Å²) in [6.45, 7) is 7.23. The van der Waals surface area contributed by atoms with Crippen molar-refractivity contribution in [1.29, 1.82) is 0 Å². The fourth-order valence-corrected chi connectivity index (χ4v) is 4.54. The van der Waals surface area contributed by atoms with Gasteiger partial charge in [-0.15, -0.1) is 0 Å². The van der Waals surface area contributed by atoms with Crippen LogP contribution in [0.25, 0.3) is 11.0 Å². The zero-order valence-corrected chi connectivity index (χ0v) is 14.3. The number of aryl methyl sites for hydroxylation is 2. The van der Waals surface area contributed by atoms with Gasteiger partial charge in [0.2, 0.25) is 0 Å². The molecule has 4 nitrogen and oxygen atoms in total. The van der Waals surface area contributed by atoms with Gasteiger partial charge >= 0.3 is 0 Å². The van der Waals surface area contributed by atoms with Crippen LogP contribution in [0.4, 0.5) is 0 Å². The zero-order valence-electron chi connectivity index (χ0n) is 14.3. The number of piperidine rings is 2. The SMILES string of the molecule is Cc1cc2ncn(C[C@]3(O)CCCN4CCCC[C@@H]43)c2cc1C. The summed E-state index contributed by atoms with van der Waals surface area (Å²) < 4.78 is 2.17. The summed E-state index contributed by atoms with van der Waals surface area (Å²) in [6, 6.07) is 4.68. The number of nitrogens with zero attached hydrogens (tertiary/aromatic N) is 3. The number of hydrogen-bond donors (Lipinski definition) is 1. The van der Waals surface area contributed by atoms with Crippen LogP contribution in [0.3, 0.4) is 0 Å². The van der Waals surface area contributed by atoms with E-state index in [0.29, 0.717) is 12.6 Å². The van der Waals surface area contributed by atoms with E-state index in [1.165, 1.54) is 24.0 Å². The van der Waals surface area contributed by atoms with E-state index in [4.69, 9.17) is 0 Å². The first-order valence-electron chi connectivity index (χ1n) is 8.95. The highest BCUT2D eigenvalue weighted by Gasteiger charge is 2.44. The Bertz CT molecular complexity index is 721. The fourth-order valence-electron chi connectivity index (χ4n) is 4.54. The Labute approximate surface area is 138 Å². The molecule has 2 aliphatic rings. The quantitative estimate of drug-likeness (QED) is 0.926. The second-order valence-electron chi connectivity index (χ2n) is 7.55. The molecule has 124 valence electrons. The minimum Gasteiger partial charge on any atom is -0.386 e. The molecule has 1 aromatic carbocycles. The Morgan fingerprint density at radius 1 is 1.17 bits per heavy atom. The van der Waals surface area contributed by atoms with Gasteiger partial charge in [0.1, 0.15) is 0 Å². The van der Waals surface area contributed by atoms with Crippen molar-refractivity contribution >= 4 is 11.0 Å². The molecular formula is C19H27N3O. The van der Waals surface area contributed by atoms with Gasteiger partial charge in [-0.1, -0.05) is 6.42 Å². The number of aromatic nitrogens is 2. The Morgan fingerprint density at radius 2 is 1.96 bits per heavy atom. The number of hydrogen-bond acceptors (Lipinski definition) is 3. The first kappa shape index (κ1) is 15.2.